The summed E-state index contributed by atoms with van der Waals surface area (Å²) in [5.41, 5.74) is 0. The van der Waals surface area contributed by atoms with Gasteiger partial charge in [0, 0.05) is 0 Å². The maximum absolute atomic E-state index is 3.61. The summed E-state index contributed by atoms with van der Waals surface area (Å²) in [5, 5.41) is 3.06. The van der Waals surface area contributed by atoms with Gasteiger partial charge >= 0.3 is 0 Å². The summed E-state index contributed by atoms with van der Waals surface area (Å²) in [6, 6.07) is 0. The molecule has 0 spiro atoms. The lowest BCUT2D eigenvalue weighted by atomic mass is 10.5. The van der Waals surface area contributed by atoms with Gasteiger partial charge in [-0.05, 0) is 19.7 Å². The van der Waals surface area contributed by atoms with Crippen molar-refractivity contribution in [2.45, 2.75) is 13.3 Å². The monoisotopic (exact) mass is 100 g/mol. The molecule has 0 amide bonds. The molecule has 0 radical (unpaired) electrons. The SMILES string of the molecule is C=NCNCCC. The molecule has 0 fully saturated rings. The number of nitrogens with zero attached hydrogens (tertiary/aromatic N) is 1. The Kier molecular flexibility index (Phi) is 5.33. The summed E-state index contributed by atoms with van der Waals surface area (Å²) in [5.74, 6) is 0. The lowest BCUT2D eigenvalue weighted by molar-refractivity contribution is 0.692. The summed E-state index contributed by atoms with van der Waals surface area (Å²) < 4.78 is 0. The van der Waals surface area contributed by atoms with E-state index < -0.39 is 0 Å². The minimum Gasteiger partial charge on any atom is -0.298 e. The number of rotatable bonds is 4. The van der Waals surface area contributed by atoms with Gasteiger partial charge in [0.2, 0.25) is 0 Å². The zero-order valence-corrected chi connectivity index (χ0v) is 4.78. The fraction of sp³-hybridized carbons (Fsp3) is 0.800. The zero-order valence-electron chi connectivity index (χ0n) is 4.78. The van der Waals surface area contributed by atoms with Crippen LogP contribution in [0.3, 0.4) is 0 Å². The van der Waals surface area contributed by atoms with Crippen LogP contribution < -0.4 is 5.32 Å². The summed E-state index contributed by atoms with van der Waals surface area (Å²) in [6.45, 7) is 7.17. The highest BCUT2D eigenvalue weighted by Gasteiger charge is 1.74. The van der Waals surface area contributed by atoms with E-state index in [0.717, 1.165) is 13.0 Å². The van der Waals surface area contributed by atoms with Crippen LogP contribution in [0, 0.1) is 0 Å². The van der Waals surface area contributed by atoms with Crippen molar-refractivity contribution in [2.75, 3.05) is 13.2 Å². The van der Waals surface area contributed by atoms with Gasteiger partial charge in [-0.3, -0.25) is 10.3 Å². The van der Waals surface area contributed by atoms with Gasteiger partial charge in [-0.15, -0.1) is 0 Å². The summed E-state index contributed by atoms with van der Waals surface area (Å²) in [7, 11) is 0. The molecule has 0 aliphatic carbocycles. The second-order valence-corrected chi connectivity index (χ2v) is 1.38. The predicted molar refractivity (Wildman–Crippen MR) is 32.7 cm³/mol. The van der Waals surface area contributed by atoms with Crippen LogP contribution >= 0.6 is 0 Å². The topological polar surface area (TPSA) is 24.4 Å². The van der Waals surface area contributed by atoms with Gasteiger partial charge in [0.1, 0.15) is 0 Å². The van der Waals surface area contributed by atoms with Crippen LogP contribution in [-0.4, -0.2) is 19.9 Å². The summed E-state index contributed by atoms with van der Waals surface area (Å²) in [6.07, 6.45) is 1.16. The Morgan fingerprint density at radius 1 is 1.71 bits per heavy atom. The van der Waals surface area contributed by atoms with Gasteiger partial charge in [-0.2, -0.15) is 0 Å². The normalized spacial score (nSPS) is 8.71. The van der Waals surface area contributed by atoms with Gasteiger partial charge in [-0.25, -0.2) is 0 Å². The van der Waals surface area contributed by atoms with Gasteiger partial charge < -0.3 is 0 Å². The second-order valence-electron chi connectivity index (χ2n) is 1.38. The van der Waals surface area contributed by atoms with Gasteiger partial charge in [0.05, 0.1) is 6.67 Å². The molecule has 0 aliphatic heterocycles. The molecule has 0 aromatic carbocycles. The molecule has 0 bridgehead atoms. The van der Waals surface area contributed by atoms with Gasteiger partial charge in [-0.1, -0.05) is 6.92 Å². The van der Waals surface area contributed by atoms with Crippen molar-refractivity contribution in [2.24, 2.45) is 4.99 Å². The largest absolute Gasteiger partial charge is 0.298 e. The third-order valence-corrected chi connectivity index (χ3v) is 0.650. The standard InChI is InChI=1S/C5H12N2/c1-3-4-7-5-6-2/h7H,2-5H2,1H3. The first kappa shape index (κ1) is 6.63. The molecule has 0 atom stereocenters. The molecule has 2 nitrogen and oxygen atoms in total. The zero-order chi connectivity index (χ0) is 5.54. The molecule has 1 N–H and O–H groups in total. The molecule has 0 rings (SSSR count). The Hall–Kier alpha value is -0.370. The molecule has 0 aromatic rings. The smallest absolute Gasteiger partial charge is 0.0877 e. The van der Waals surface area contributed by atoms with Crippen LogP contribution in [0.25, 0.3) is 0 Å². The van der Waals surface area contributed by atoms with Gasteiger partial charge in [0.25, 0.3) is 0 Å². The Morgan fingerprint density at radius 2 is 2.43 bits per heavy atom. The molecular weight excluding hydrogens is 88.1 g/mol. The Bertz CT molecular complexity index is 43.3. The highest BCUT2D eigenvalue weighted by atomic mass is 15.0. The number of hydrogen-bond acceptors (Lipinski definition) is 2. The highest BCUT2D eigenvalue weighted by molar-refractivity contribution is 5.22. The average molecular weight is 100 g/mol. The predicted octanol–water partition coefficient (Wildman–Crippen LogP) is 0.644. The quantitative estimate of drug-likeness (QED) is 0.407. The van der Waals surface area contributed by atoms with E-state index in [1.54, 1.807) is 0 Å². The van der Waals surface area contributed by atoms with Gasteiger partial charge in [0.15, 0.2) is 0 Å². The average Bonchev–Trinajstić information content (AvgIpc) is 1.69. The number of hydrogen-bond donors (Lipinski definition) is 1. The second kappa shape index (κ2) is 5.63. The maximum Gasteiger partial charge on any atom is 0.0877 e. The van der Waals surface area contributed by atoms with E-state index in [4.69, 9.17) is 0 Å². The van der Waals surface area contributed by atoms with Crippen LogP contribution in [0.15, 0.2) is 4.99 Å². The lowest BCUT2D eigenvalue weighted by Gasteiger charge is -1.92. The van der Waals surface area contributed by atoms with Crippen molar-refractivity contribution >= 4 is 6.72 Å². The Balaban J connectivity index is 2.56. The molecule has 0 aromatic heterocycles. The molecule has 0 saturated carbocycles. The third-order valence-electron chi connectivity index (χ3n) is 0.650. The van der Waals surface area contributed by atoms with E-state index in [-0.39, 0.29) is 0 Å². The maximum atomic E-state index is 3.61. The summed E-state index contributed by atoms with van der Waals surface area (Å²) in [4.78, 5) is 3.61. The minimum absolute atomic E-state index is 0.688. The first-order valence-electron chi connectivity index (χ1n) is 2.55. The molecule has 42 valence electrons. The lowest BCUT2D eigenvalue weighted by Crippen LogP contribution is -2.13. The Morgan fingerprint density at radius 3 is 2.86 bits per heavy atom. The van der Waals surface area contributed by atoms with E-state index in [1.165, 1.54) is 0 Å². The van der Waals surface area contributed by atoms with Crippen LogP contribution in [0.5, 0.6) is 0 Å². The van der Waals surface area contributed by atoms with E-state index in [2.05, 4.69) is 24.0 Å². The Labute approximate surface area is 44.6 Å². The van der Waals surface area contributed by atoms with E-state index in [0.29, 0.717) is 6.67 Å². The van der Waals surface area contributed by atoms with E-state index in [9.17, 15) is 0 Å². The van der Waals surface area contributed by atoms with Crippen molar-refractivity contribution in [3.05, 3.63) is 0 Å². The fourth-order valence-electron chi connectivity index (χ4n) is 0.335. The van der Waals surface area contributed by atoms with Crippen molar-refractivity contribution in [1.29, 1.82) is 0 Å². The van der Waals surface area contributed by atoms with Crippen LogP contribution in [0.4, 0.5) is 0 Å². The van der Waals surface area contributed by atoms with Crippen molar-refractivity contribution in [3.8, 4) is 0 Å². The third kappa shape index (κ3) is 5.63. The van der Waals surface area contributed by atoms with Crippen LogP contribution in [0.2, 0.25) is 0 Å². The fourth-order valence-corrected chi connectivity index (χ4v) is 0.335. The molecule has 2 heteroatoms. The molecule has 0 unspecified atom stereocenters. The minimum atomic E-state index is 0.688. The molecule has 0 heterocycles. The van der Waals surface area contributed by atoms with Crippen molar-refractivity contribution < 1.29 is 0 Å². The van der Waals surface area contributed by atoms with E-state index in [1.807, 2.05) is 0 Å². The van der Waals surface area contributed by atoms with E-state index >= 15 is 0 Å². The first-order chi connectivity index (χ1) is 3.41. The molecule has 7 heavy (non-hydrogen) atoms. The summed E-state index contributed by atoms with van der Waals surface area (Å²) >= 11 is 0. The molecular formula is C5H12N2. The number of aliphatic imine (C=N–C) groups is 1. The first-order valence-corrected chi connectivity index (χ1v) is 2.55. The number of nitrogens with one attached hydrogen (secondary N) is 1. The highest BCUT2D eigenvalue weighted by Crippen LogP contribution is 1.67. The molecule has 0 saturated heterocycles. The van der Waals surface area contributed by atoms with Crippen LogP contribution in [0.1, 0.15) is 13.3 Å². The molecule has 0 aliphatic rings. The van der Waals surface area contributed by atoms with Crippen molar-refractivity contribution in [3.63, 3.8) is 0 Å². The van der Waals surface area contributed by atoms with Crippen LogP contribution in [-0.2, 0) is 0 Å². The van der Waals surface area contributed by atoms with Crippen molar-refractivity contribution in [1.82, 2.24) is 5.32 Å².